The van der Waals surface area contributed by atoms with Crippen molar-refractivity contribution < 1.29 is 51.2 Å². The molecule has 0 amide bonds. The van der Waals surface area contributed by atoms with Gasteiger partial charge in [-0.2, -0.15) is 4.98 Å². The lowest BCUT2D eigenvalue weighted by Crippen LogP contribution is -2.37. The molecular formula is C23H25F2N9O10P2S2. The van der Waals surface area contributed by atoms with Gasteiger partial charge in [-0.05, 0) is 29.7 Å². The number of aliphatic hydroxyl groups is 1. The van der Waals surface area contributed by atoms with Crippen molar-refractivity contribution in [1.29, 1.82) is 0 Å². The summed E-state index contributed by atoms with van der Waals surface area (Å²) in [6, 6.07) is 1.56. The molecule has 1 spiro atoms. The van der Waals surface area contributed by atoms with Crippen LogP contribution < -0.4 is 17.0 Å². The van der Waals surface area contributed by atoms with Crippen LogP contribution in [0.5, 0.6) is 0 Å². The molecule has 8 N–H and O–H groups in total. The second-order valence-electron chi connectivity index (χ2n) is 11.6. The molecule has 0 radical (unpaired) electrons. The van der Waals surface area contributed by atoms with Crippen molar-refractivity contribution in [2.24, 2.45) is 5.41 Å². The van der Waals surface area contributed by atoms with Crippen molar-refractivity contribution in [3.63, 3.8) is 0 Å². The largest absolute Gasteiger partial charge is 0.386 e. The third-order valence-corrected chi connectivity index (χ3v) is 12.0. The van der Waals surface area contributed by atoms with Crippen LogP contribution in [0.3, 0.4) is 0 Å². The Morgan fingerprint density at radius 3 is 2.50 bits per heavy atom. The molecule has 4 aromatic heterocycles. The smallest absolute Gasteiger partial charge is 0.325 e. The van der Waals surface area contributed by atoms with E-state index in [-0.39, 0.29) is 28.6 Å². The Morgan fingerprint density at radius 1 is 1.02 bits per heavy atom. The second kappa shape index (κ2) is 10.9. The highest BCUT2D eigenvalue weighted by Gasteiger charge is 2.83. The van der Waals surface area contributed by atoms with Crippen LogP contribution in [0.1, 0.15) is 18.9 Å². The van der Waals surface area contributed by atoms with Crippen molar-refractivity contribution in [1.82, 2.24) is 34.1 Å². The summed E-state index contributed by atoms with van der Waals surface area (Å²) >= 11 is 10.5. The van der Waals surface area contributed by atoms with Crippen molar-refractivity contribution in [2.75, 3.05) is 24.7 Å². The third-order valence-electron chi connectivity index (χ3n) is 8.86. The minimum absolute atomic E-state index is 0.0506. The van der Waals surface area contributed by atoms with Gasteiger partial charge in [-0.25, -0.2) is 23.7 Å². The number of aromatic amines is 1. The lowest BCUT2D eigenvalue weighted by molar-refractivity contribution is -0.0607. The number of hydrogen-bond donors (Lipinski definition) is 6. The molecule has 3 aliphatic heterocycles. The zero-order valence-corrected chi connectivity index (χ0v) is 27.4. The number of anilines is 2. The van der Waals surface area contributed by atoms with E-state index in [4.69, 9.17) is 62.6 Å². The molecule has 19 nitrogen and oxygen atoms in total. The van der Waals surface area contributed by atoms with E-state index < -0.39 is 92.9 Å². The Hall–Kier alpha value is -2.63. The average Bonchev–Trinajstić information content (AvgIpc) is 3.49. The van der Waals surface area contributed by atoms with E-state index in [1.807, 2.05) is 0 Å². The minimum Gasteiger partial charge on any atom is -0.386 e. The summed E-state index contributed by atoms with van der Waals surface area (Å²) in [7, 11) is 0. The molecule has 1 aliphatic carbocycles. The maximum atomic E-state index is 15.4. The minimum atomic E-state index is -4.42. The third kappa shape index (κ3) is 5.03. The van der Waals surface area contributed by atoms with Crippen LogP contribution in [0.15, 0.2) is 29.7 Å². The molecular weight excluding hydrogens is 726 g/mol. The van der Waals surface area contributed by atoms with Gasteiger partial charge in [0, 0.05) is 12.6 Å². The molecule has 10 atom stereocenters. The zero-order chi connectivity index (χ0) is 34.0. The number of aromatic nitrogens is 7. The quantitative estimate of drug-likeness (QED) is 0.149. The fourth-order valence-electron chi connectivity index (χ4n) is 6.55. The van der Waals surface area contributed by atoms with Gasteiger partial charge in [0.15, 0.2) is 23.6 Å². The van der Waals surface area contributed by atoms with Gasteiger partial charge in [-0.15, -0.1) is 0 Å². The fraction of sp³-hybridized carbons (Fsp3) is 0.522. The number of aliphatic hydroxyl groups excluding tert-OH is 1. The lowest BCUT2D eigenvalue weighted by Gasteiger charge is -2.29. The summed E-state index contributed by atoms with van der Waals surface area (Å²) in [4.78, 5) is 53.3. The van der Waals surface area contributed by atoms with E-state index in [1.54, 1.807) is 6.07 Å². The van der Waals surface area contributed by atoms with Gasteiger partial charge in [0.2, 0.25) is 5.95 Å². The van der Waals surface area contributed by atoms with Crippen LogP contribution in [0.25, 0.3) is 22.2 Å². The van der Waals surface area contributed by atoms with Gasteiger partial charge in [0.25, 0.3) is 11.5 Å². The molecule has 1 saturated carbocycles. The number of H-pyrrole nitrogens is 1. The van der Waals surface area contributed by atoms with Gasteiger partial charge in [0.05, 0.1) is 36.4 Å². The Bertz CT molecular complexity index is 2120. The Kier molecular flexibility index (Phi) is 7.42. The summed E-state index contributed by atoms with van der Waals surface area (Å²) in [5.74, 6) is -3.50. The number of fused-ring (bicyclic) bond motifs is 3. The predicted molar refractivity (Wildman–Crippen MR) is 165 cm³/mol. The zero-order valence-electron chi connectivity index (χ0n) is 24.0. The molecule has 0 aromatic carbocycles. The Labute approximate surface area is 276 Å². The van der Waals surface area contributed by atoms with E-state index in [0.29, 0.717) is 5.39 Å². The number of nitrogens with two attached hydrogens (primary N) is 2. The van der Waals surface area contributed by atoms with Crippen molar-refractivity contribution in [2.45, 2.75) is 55.3 Å². The molecule has 7 heterocycles. The first-order valence-electron chi connectivity index (χ1n) is 14.1. The van der Waals surface area contributed by atoms with Crippen LogP contribution in [-0.4, -0.2) is 98.6 Å². The number of nitrogens with one attached hydrogen (secondary N) is 1. The normalized spacial score (nSPS) is 39.6. The number of hydrogen-bond acceptors (Lipinski definition) is 16. The first-order chi connectivity index (χ1) is 22.6. The molecule has 48 heavy (non-hydrogen) atoms. The first-order valence-corrected chi connectivity index (χ1v) is 19.3. The van der Waals surface area contributed by atoms with Gasteiger partial charge < -0.3 is 49.4 Å². The summed E-state index contributed by atoms with van der Waals surface area (Å²) in [6.07, 6.45) is -7.23. The molecule has 2 bridgehead atoms. The fourth-order valence-corrected chi connectivity index (χ4v) is 9.42. The standard InChI is InChI=1S/C23H25F2N9O10P2S2/c24-23(25)5-22(23)10-4-40-45(37,47)43-13-9(41-19(12(13)35)34-7-30-11-17(34)31-21(27)32-18(11)36)3-39-46(38,48)44-14(22)20(42-10)33-2-1-8-15(26)28-6-29-16(8)33/h1-2,6-7,9-10,12-14,19-20,35H,3-5H2,(H,37,47)(H,38,48)(H2,26,28,29)(H3,27,31,32,36)/t9-,10-,12-,13-,14+,19-,20-,22+,45?,46?/m1/s1. The number of halogens is 2. The molecule has 4 aliphatic rings. The van der Waals surface area contributed by atoms with Gasteiger partial charge in [-0.3, -0.25) is 23.4 Å². The van der Waals surface area contributed by atoms with Crippen LogP contribution >= 0.6 is 13.4 Å². The maximum absolute atomic E-state index is 15.4. The van der Waals surface area contributed by atoms with E-state index in [2.05, 4.69) is 24.9 Å². The van der Waals surface area contributed by atoms with Crippen molar-refractivity contribution in [3.05, 3.63) is 35.3 Å². The average molecular weight is 752 g/mol. The van der Waals surface area contributed by atoms with Gasteiger partial charge in [-0.1, -0.05) is 0 Å². The SMILES string of the molecule is Nc1nc2c(ncn2[C@@H]2O[C@@H]3COP(O)(=S)O[C@H]4[C@H](n5ccc6c(N)ncnc65)O[C@H](COP(O)(=S)O[C@H]3[C@H]2O)[C@@]42CC2(F)F)c(=O)[nH]1. The summed E-state index contributed by atoms with van der Waals surface area (Å²) < 4.78 is 68.2. The van der Waals surface area contributed by atoms with E-state index >= 15 is 8.78 Å². The van der Waals surface area contributed by atoms with Crippen LogP contribution in [-0.2, 0) is 51.2 Å². The number of rotatable bonds is 2. The topological polar surface area (TPSA) is 262 Å². The molecule has 258 valence electrons. The first kappa shape index (κ1) is 32.6. The summed E-state index contributed by atoms with van der Waals surface area (Å²) in [6.45, 7) is -10.1. The van der Waals surface area contributed by atoms with E-state index in [9.17, 15) is 19.7 Å². The molecule has 2 unspecified atom stereocenters. The highest BCUT2D eigenvalue weighted by Crippen LogP contribution is 2.73. The summed E-state index contributed by atoms with van der Waals surface area (Å²) in [5.41, 5.74) is 8.97. The van der Waals surface area contributed by atoms with Gasteiger partial charge >= 0.3 is 13.4 Å². The van der Waals surface area contributed by atoms with Crippen molar-refractivity contribution in [3.8, 4) is 0 Å². The highest BCUT2D eigenvalue weighted by atomic mass is 32.5. The molecule has 25 heteroatoms. The lowest BCUT2D eigenvalue weighted by atomic mass is 9.94. The molecule has 8 rings (SSSR count). The predicted octanol–water partition coefficient (Wildman–Crippen LogP) is 0.161. The van der Waals surface area contributed by atoms with E-state index in [0.717, 1.165) is 6.33 Å². The van der Waals surface area contributed by atoms with Crippen LogP contribution in [0.2, 0.25) is 0 Å². The van der Waals surface area contributed by atoms with E-state index in [1.165, 1.54) is 21.7 Å². The molecule has 3 saturated heterocycles. The number of imidazole rings is 1. The number of alkyl halides is 2. The Balaban J connectivity index is 1.15. The Morgan fingerprint density at radius 2 is 1.75 bits per heavy atom. The molecule has 4 aromatic rings. The number of nitrogen functional groups attached to an aromatic ring is 2. The molecule has 4 fully saturated rings. The van der Waals surface area contributed by atoms with Crippen LogP contribution in [0.4, 0.5) is 20.5 Å². The highest BCUT2D eigenvalue weighted by molar-refractivity contribution is 8.07. The number of nitrogens with zero attached hydrogens (tertiary/aromatic N) is 6. The van der Waals surface area contributed by atoms with Gasteiger partial charge in [0.1, 0.15) is 42.2 Å². The second-order valence-corrected chi connectivity index (χ2v) is 17.2. The monoisotopic (exact) mass is 751 g/mol. The maximum Gasteiger partial charge on any atom is 0.325 e. The van der Waals surface area contributed by atoms with Crippen LogP contribution in [0, 0.1) is 5.41 Å². The summed E-state index contributed by atoms with van der Waals surface area (Å²) in [5, 5.41) is 11.7. The number of ether oxygens (including phenoxy) is 2. The van der Waals surface area contributed by atoms with Crippen molar-refractivity contribution >= 4 is 71.0 Å².